The first-order valence-electron chi connectivity index (χ1n) is 6.09. The fraction of sp³-hybridized carbons (Fsp3) is 0.467. The van der Waals surface area contributed by atoms with Crippen LogP contribution in [0.3, 0.4) is 0 Å². The minimum Gasteiger partial charge on any atom is -0.549 e. The molecular weight excluding hydrogens is 290 g/mol. The molecule has 1 aromatic rings. The van der Waals surface area contributed by atoms with Crippen molar-refractivity contribution >= 4 is 11.9 Å². The molecule has 4 nitrogen and oxygen atoms in total. The summed E-state index contributed by atoms with van der Waals surface area (Å²) in [6.07, 6.45) is 0. The normalized spacial score (nSPS) is 10.6. The molecule has 0 saturated heterocycles. The number of hydrogen-bond acceptors (Lipinski definition) is 4. The molecule has 0 atom stereocenters. The van der Waals surface area contributed by atoms with E-state index < -0.39 is 17.9 Å². The second kappa shape index (κ2) is 8.88. The van der Waals surface area contributed by atoms with Crippen molar-refractivity contribution in [3.8, 4) is 0 Å². The van der Waals surface area contributed by atoms with Crippen LogP contribution < -0.4 is 80.5 Å². The molecule has 1 rings (SSSR count). The topological polar surface area (TPSA) is 80.3 Å². The van der Waals surface area contributed by atoms with E-state index in [0.717, 1.165) is 5.56 Å². The molecule has 104 valence electrons. The molecule has 21 heavy (non-hydrogen) atoms. The van der Waals surface area contributed by atoms with Crippen LogP contribution in [0.15, 0.2) is 12.1 Å². The first-order valence-corrected chi connectivity index (χ1v) is 6.09. The summed E-state index contributed by atoms with van der Waals surface area (Å²) >= 11 is 0. The molecule has 0 saturated carbocycles. The van der Waals surface area contributed by atoms with E-state index in [0.29, 0.717) is 11.1 Å². The first kappa shape index (κ1) is 23.7. The Bertz CT molecular complexity index is 498. The molecule has 0 bridgehead atoms. The maximum Gasteiger partial charge on any atom is 1.00 e. The molecule has 1 aromatic carbocycles. The van der Waals surface area contributed by atoms with Crippen LogP contribution in [0, 0.1) is 13.8 Å². The van der Waals surface area contributed by atoms with Gasteiger partial charge in [0.25, 0.3) is 0 Å². The third-order valence-corrected chi connectivity index (χ3v) is 3.22. The van der Waals surface area contributed by atoms with Crippen LogP contribution >= 0.6 is 0 Å². The summed E-state index contributed by atoms with van der Waals surface area (Å²) in [5.74, 6) is -5.02. The van der Waals surface area contributed by atoms with Gasteiger partial charge in [0.2, 0.25) is 0 Å². The van der Waals surface area contributed by atoms with Gasteiger partial charge in [0.05, 0.1) is 17.9 Å². The van der Waals surface area contributed by atoms with E-state index in [9.17, 15) is 19.8 Å². The average molecular weight is 308 g/mol. The van der Waals surface area contributed by atoms with Gasteiger partial charge >= 0.3 is 70.2 Å². The Morgan fingerprint density at radius 2 is 1.33 bits per heavy atom. The summed E-state index contributed by atoms with van der Waals surface area (Å²) in [6.45, 7) is 9.52. The quantitative estimate of drug-likeness (QED) is 0.412. The number of carboxylic acids is 2. The van der Waals surface area contributed by atoms with Gasteiger partial charge in [-0.3, -0.25) is 0 Å². The zero-order valence-corrected chi connectivity index (χ0v) is 17.0. The van der Waals surface area contributed by atoms with Crippen LogP contribution in [-0.2, 0) is 15.0 Å². The van der Waals surface area contributed by atoms with Crippen molar-refractivity contribution in [2.45, 2.75) is 46.0 Å². The number of hydrogen-bond donors (Lipinski definition) is 0. The number of rotatable bonds is 3. The van der Waals surface area contributed by atoms with Crippen molar-refractivity contribution < 1.29 is 90.0 Å². The SMILES string of the molecule is Cc1cc(C(C)(C)C)cc(C)c1C(C(=O)[O-])C(=O)[O-].[K+].[Li+]. The fourth-order valence-electron chi connectivity index (χ4n) is 2.19. The smallest absolute Gasteiger partial charge is 0.549 e. The fourth-order valence-corrected chi connectivity index (χ4v) is 2.19. The number of carbonyl (C=O) groups excluding carboxylic acids is 2. The Hall–Kier alpha value is 0.394. The summed E-state index contributed by atoms with van der Waals surface area (Å²) in [5.41, 5.74) is 2.45. The third-order valence-electron chi connectivity index (χ3n) is 3.22. The Balaban J connectivity index is 0. The Labute approximate surface area is 180 Å². The van der Waals surface area contributed by atoms with Crippen LogP contribution in [0.1, 0.15) is 48.9 Å². The molecule has 0 unspecified atom stereocenters. The maximum absolute atomic E-state index is 11.0. The van der Waals surface area contributed by atoms with Crippen LogP contribution in [0.2, 0.25) is 0 Å². The van der Waals surface area contributed by atoms with Crippen molar-refractivity contribution in [1.29, 1.82) is 0 Å². The maximum atomic E-state index is 11.0. The number of carboxylic acid groups (broad SMARTS) is 2. The molecule has 6 heteroatoms. The van der Waals surface area contributed by atoms with Gasteiger partial charge in [-0.25, -0.2) is 0 Å². The number of benzene rings is 1. The zero-order chi connectivity index (χ0) is 15.0. The number of aryl methyl sites for hydroxylation is 2. The molecular formula is C15H18KLiO4. The summed E-state index contributed by atoms with van der Waals surface area (Å²) in [4.78, 5) is 22.0. The minimum absolute atomic E-state index is 0. The Morgan fingerprint density at radius 1 is 1.00 bits per heavy atom. The molecule has 0 aliphatic heterocycles. The number of aliphatic carboxylic acids is 2. The van der Waals surface area contributed by atoms with Gasteiger partial charge in [0, 0.05) is 0 Å². The second-order valence-corrected chi connectivity index (χ2v) is 5.84. The van der Waals surface area contributed by atoms with Crippen molar-refractivity contribution in [3.05, 3.63) is 34.4 Å². The van der Waals surface area contributed by atoms with Crippen molar-refractivity contribution in [1.82, 2.24) is 0 Å². The molecule has 0 fully saturated rings. The molecule has 0 radical (unpaired) electrons. The van der Waals surface area contributed by atoms with Gasteiger partial charge in [0.15, 0.2) is 0 Å². The molecule has 0 aromatic heterocycles. The predicted octanol–water partition coefficient (Wildman–Crippen LogP) is -5.81. The first-order chi connectivity index (χ1) is 8.55. The van der Waals surface area contributed by atoms with Crippen LogP contribution in [-0.4, -0.2) is 11.9 Å². The largest absolute Gasteiger partial charge is 1.00 e. The molecule has 0 aliphatic carbocycles. The average Bonchev–Trinajstić information content (AvgIpc) is 2.20. The zero-order valence-electron chi connectivity index (χ0n) is 13.9. The van der Waals surface area contributed by atoms with Gasteiger partial charge in [-0.05, 0) is 41.5 Å². The van der Waals surface area contributed by atoms with E-state index in [1.807, 2.05) is 32.9 Å². The van der Waals surface area contributed by atoms with Gasteiger partial charge in [0.1, 0.15) is 0 Å². The van der Waals surface area contributed by atoms with E-state index >= 15 is 0 Å². The van der Waals surface area contributed by atoms with Crippen LogP contribution in [0.5, 0.6) is 0 Å². The van der Waals surface area contributed by atoms with Gasteiger partial charge in [-0.15, -0.1) is 0 Å². The molecule has 0 amide bonds. The van der Waals surface area contributed by atoms with Gasteiger partial charge < -0.3 is 19.8 Å². The van der Waals surface area contributed by atoms with E-state index in [1.165, 1.54) is 0 Å². The Morgan fingerprint density at radius 3 is 1.57 bits per heavy atom. The Kier molecular flexibility index (Phi) is 10.0. The van der Waals surface area contributed by atoms with E-state index in [-0.39, 0.29) is 81.2 Å². The summed E-state index contributed by atoms with van der Waals surface area (Å²) < 4.78 is 0. The monoisotopic (exact) mass is 308 g/mol. The van der Waals surface area contributed by atoms with Crippen LogP contribution in [0.25, 0.3) is 0 Å². The molecule has 0 aliphatic rings. The van der Waals surface area contributed by atoms with Crippen molar-refractivity contribution in [2.24, 2.45) is 0 Å². The van der Waals surface area contributed by atoms with Crippen molar-refractivity contribution in [3.63, 3.8) is 0 Å². The summed E-state index contributed by atoms with van der Waals surface area (Å²) in [7, 11) is 0. The van der Waals surface area contributed by atoms with E-state index in [4.69, 9.17) is 0 Å². The molecule has 0 spiro atoms. The van der Waals surface area contributed by atoms with E-state index in [1.54, 1.807) is 13.8 Å². The van der Waals surface area contributed by atoms with Crippen LogP contribution in [0.4, 0.5) is 0 Å². The summed E-state index contributed by atoms with van der Waals surface area (Å²) in [6, 6.07) is 3.64. The summed E-state index contributed by atoms with van der Waals surface area (Å²) in [5, 5.41) is 22.0. The second-order valence-electron chi connectivity index (χ2n) is 5.84. The minimum atomic E-state index is -1.73. The van der Waals surface area contributed by atoms with E-state index in [2.05, 4.69) is 0 Å². The molecule has 0 heterocycles. The van der Waals surface area contributed by atoms with Gasteiger partial charge in [-0.2, -0.15) is 0 Å². The van der Waals surface area contributed by atoms with Crippen molar-refractivity contribution in [2.75, 3.05) is 0 Å². The third kappa shape index (κ3) is 5.83. The predicted molar refractivity (Wildman–Crippen MR) is 67.4 cm³/mol. The van der Waals surface area contributed by atoms with Gasteiger partial charge in [-0.1, -0.05) is 32.9 Å². The standard InChI is InChI=1S/C15H20O4.K.Li/c1-8-6-10(15(3,4)5)7-9(2)11(8)12(13(16)17)14(18)19;;/h6-7,12H,1-5H3,(H,16,17)(H,18,19);;/q;2*+1/p-2. The number of carbonyl (C=O) groups is 2. The molecule has 0 N–H and O–H groups in total.